The van der Waals surface area contributed by atoms with Gasteiger partial charge in [0.1, 0.15) is 10.6 Å². The molecular weight excluding hydrogens is 304 g/mol. The zero-order chi connectivity index (χ0) is 14.8. The zero-order valence-corrected chi connectivity index (χ0v) is 14.2. The Labute approximate surface area is 134 Å². The molecular formula is C15H21ClN4S. The minimum Gasteiger partial charge on any atom is -0.369 e. The van der Waals surface area contributed by atoms with Crippen LogP contribution in [0.15, 0.2) is 0 Å². The highest BCUT2D eigenvalue weighted by atomic mass is 35.5. The van der Waals surface area contributed by atoms with Crippen molar-refractivity contribution in [2.24, 2.45) is 0 Å². The summed E-state index contributed by atoms with van der Waals surface area (Å²) in [6, 6.07) is 0. The van der Waals surface area contributed by atoms with E-state index in [0.29, 0.717) is 5.28 Å². The molecule has 0 bridgehead atoms. The molecule has 2 heterocycles. The summed E-state index contributed by atoms with van der Waals surface area (Å²) >= 11 is 7.85. The molecule has 114 valence electrons. The van der Waals surface area contributed by atoms with Crippen LogP contribution >= 0.6 is 22.9 Å². The predicted octanol–water partition coefficient (Wildman–Crippen LogP) is 3.59. The molecule has 4 nitrogen and oxygen atoms in total. The number of thiophene rings is 1. The van der Waals surface area contributed by atoms with Crippen molar-refractivity contribution in [1.82, 2.24) is 14.9 Å². The van der Waals surface area contributed by atoms with Gasteiger partial charge in [0.05, 0.1) is 5.39 Å². The predicted molar refractivity (Wildman–Crippen MR) is 90.7 cm³/mol. The van der Waals surface area contributed by atoms with Crippen LogP contribution in [0, 0.1) is 0 Å². The average Bonchev–Trinajstić information content (AvgIpc) is 2.97. The van der Waals surface area contributed by atoms with E-state index < -0.39 is 0 Å². The minimum atomic E-state index is 0.346. The molecule has 0 atom stereocenters. The number of aromatic nitrogens is 2. The van der Waals surface area contributed by atoms with Gasteiger partial charge < -0.3 is 10.2 Å². The van der Waals surface area contributed by atoms with Gasteiger partial charge in [-0.25, -0.2) is 9.97 Å². The average molecular weight is 325 g/mol. The topological polar surface area (TPSA) is 41.0 Å². The Bertz CT molecular complexity index is 638. The first kappa shape index (κ1) is 15.0. The third-order valence-corrected chi connectivity index (χ3v) is 5.22. The van der Waals surface area contributed by atoms with Gasteiger partial charge in [-0.2, -0.15) is 0 Å². The number of unbranched alkanes of at least 4 members (excludes halogenated alkanes) is 1. The summed E-state index contributed by atoms with van der Waals surface area (Å²) in [7, 11) is 4.21. The van der Waals surface area contributed by atoms with Crippen molar-refractivity contribution in [1.29, 1.82) is 0 Å². The first-order valence-electron chi connectivity index (χ1n) is 7.51. The van der Waals surface area contributed by atoms with Gasteiger partial charge in [-0.05, 0) is 69.9 Å². The lowest BCUT2D eigenvalue weighted by atomic mass is 10.2. The van der Waals surface area contributed by atoms with E-state index in [2.05, 4.69) is 34.3 Å². The van der Waals surface area contributed by atoms with Crippen LogP contribution in [0.5, 0.6) is 0 Å². The van der Waals surface area contributed by atoms with Gasteiger partial charge in [-0.15, -0.1) is 11.3 Å². The van der Waals surface area contributed by atoms with Crippen LogP contribution in [0.4, 0.5) is 5.82 Å². The summed E-state index contributed by atoms with van der Waals surface area (Å²) in [6.07, 6.45) is 5.89. The van der Waals surface area contributed by atoms with E-state index in [1.807, 2.05) is 0 Å². The number of fused-ring (bicyclic) bond motifs is 3. The molecule has 0 aliphatic heterocycles. The van der Waals surface area contributed by atoms with E-state index in [0.717, 1.165) is 36.6 Å². The van der Waals surface area contributed by atoms with E-state index in [-0.39, 0.29) is 0 Å². The second-order valence-electron chi connectivity index (χ2n) is 5.82. The number of hydrogen-bond acceptors (Lipinski definition) is 5. The third-order valence-electron chi connectivity index (χ3n) is 3.86. The summed E-state index contributed by atoms with van der Waals surface area (Å²) in [6.45, 7) is 2.05. The van der Waals surface area contributed by atoms with Gasteiger partial charge in [0.15, 0.2) is 0 Å². The number of anilines is 1. The molecule has 3 rings (SSSR count). The fourth-order valence-corrected chi connectivity index (χ4v) is 4.34. The van der Waals surface area contributed by atoms with E-state index >= 15 is 0 Å². The van der Waals surface area contributed by atoms with Crippen molar-refractivity contribution >= 4 is 39.0 Å². The molecule has 21 heavy (non-hydrogen) atoms. The largest absolute Gasteiger partial charge is 0.369 e. The summed E-state index contributed by atoms with van der Waals surface area (Å²) in [5.74, 6) is 0.925. The summed E-state index contributed by atoms with van der Waals surface area (Å²) in [5, 5.41) is 5.03. The number of hydrogen-bond donors (Lipinski definition) is 1. The maximum Gasteiger partial charge on any atom is 0.225 e. The summed E-state index contributed by atoms with van der Waals surface area (Å²) in [5.41, 5.74) is 1.45. The molecule has 0 unspecified atom stereocenters. The van der Waals surface area contributed by atoms with Crippen molar-refractivity contribution in [2.75, 3.05) is 32.5 Å². The van der Waals surface area contributed by atoms with Crippen LogP contribution in [-0.2, 0) is 12.8 Å². The van der Waals surface area contributed by atoms with Crippen LogP contribution in [0.2, 0.25) is 5.28 Å². The first-order chi connectivity index (χ1) is 10.1. The molecule has 0 saturated carbocycles. The van der Waals surface area contributed by atoms with Crippen LogP contribution in [0.25, 0.3) is 10.2 Å². The molecule has 6 heteroatoms. The lowest BCUT2D eigenvalue weighted by molar-refractivity contribution is 0.396. The second-order valence-corrected chi connectivity index (χ2v) is 7.24. The molecule has 0 fully saturated rings. The molecule has 2 aromatic heterocycles. The minimum absolute atomic E-state index is 0.346. The van der Waals surface area contributed by atoms with E-state index in [4.69, 9.17) is 11.6 Å². The number of nitrogens with one attached hydrogen (secondary N) is 1. The standard InChI is InChI=1S/C15H21ClN4S/c1-20(2)9-4-3-8-17-13-12-10-6-5-7-11(10)21-14(12)19-15(16)18-13/h3-9H2,1-2H3,(H,17,18,19). The fourth-order valence-electron chi connectivity index (χ4n) is 2.86. The fraction of sp³-hybridized carbons (Fsp3) is 0.600. The Hall–Kier alpha value is -0.910. The Morgan fingerprint density at radius 2 is 2.10 bits per heavy atom. The third kappa shape index (κ3) is 3.30. The molecule has 0 spiro atoms. The Morgan fingerprint density at radius 3 is 2.90 bits per heavy atom. The van der Waals surface area contributed by atoms with Gasteiger partial charge >= 0.3 is 0 Å². The SMILES string of the molecule is CN(C)CCCCNc1nc(Cl)nc2sc3c(c12)CCC3. The van der Waals surface area contributed by atoms with Crippen molar-refractivity contribution in [3.8, 4) is 0 Å². The van der Waals surface area contributed by atoms with Crippen LogP contribution in [0.3, 0.4) is 0 Å². The highest BCUT2D eigenvalue weighted by Crippen LogP contribution is 2.39. The highest BCUT2D eigenvalue weighted by Gasteiger charge is 2.21. The number of rotatable bonds is 6. The summed E-state index contributed by atoms with van der Waals surface area (Å²) < 4.78 is 0. The van der Waals surface area contributed by atoms with E-state index in [9.17, 15) is 0 Å². The zero-order valence-electron chi connectivity index (χ0n) is 12.6. The van der Waals surface area contributed by atoms with E-state index in [1.165, 1.54) is 35.1 Å². The van der Waals surface area contributed by atoms with Crippen molar-refractivity contribution in [3.05, 3.63) is 15.7 Å². The summed E-state index contributed by atoms with van der Waals surface area (Å²) in [4.78, 5) is 13.5. The molecule has 1 aliphatic rings. The van der Waals surface area contributed by atoms with Crippen LogP contribution in [-0.4, -0.2) is 42.1 Å². The molecule has 2 aromatic rings. The van der Waals surface area contributed by atoms with Gasteiger partial charge in [0, 0.05) is 11.4 Å². The van der Waals surface area contributed by atoms with Gasteiger partial charge in [-0.3, -0.25) is 0 Å². The quantitative estimate of drug-likeness (QED) is 0.651. The molecule has 1 aliphatic carbocycles. The van der Waals surface area contributed by atoms with Gasteiger partial charge in [-0.1, -0.05) is 0 Å². The maximum atomic E-state index is 6.07. The number of nitrogens with zero attached hydrogens (tertiary/aromatic N) is 3. The molecule has 0 amide bonds. The number of aryl methyl sites for hydroxylation is 2. The lowest BCUT2D eigenvalue weighted by Gasteiger charge is -2.10. The van der Waals surface area contributed by atoms with Gasteiger partial charge in [0.25, 0.3) is 0 Å². The van der Waals surface area contributed by atoms with Crippen LogP contribution < -0.4 is 5.32 Å². The smallest absolute Gasteiger partial charge is 0.225 e. The number of halogens is 1. The Balaban J connectivity index is 1.75. The Kier molecular flexibility index (Phi) is 4.62. The molecule has 1 N–H and O–H groups in total. The maximum absolute atomic E-state index is 6.07. The van der Waals surface area contributed by atoms with Gasteiger partial charge in [0.2, 0.25) is 5.28 Å². The molecule has 0 aromatic carbocycles. The van der Waals surface area contributed by atoms with Crippen molar-refractivity contribution in [2.45, 2.75) is 32.1 Å². The van der Waals surface area contributed by atoms with Crippen molar-refractivity contribution in [3.63, 3.8) is 0 Å². The normalized spacial score (nSPS) is 14.1. The molecule has 0 radical (unpaired) electrons. The molecule has 0 saturated heterocycles. The highest BCUT2D eigenvalue weighted by molar-refractivity contribution is 7.19. The first-order valence-corrected chi connectivity index (χ1v) is 8.71. The van der Waals surface area contributed by atoms with E-state index in [1.54, 1.807) is 11.3 Å². The monoisotopic (exact) mass is 324 g/mol. The second kappa shape index (κ2) is 6.46. The van der Waals surface area contributed by atoms with Crippen molar-refractivity contribution < 1.29 is 0 Å². The lowest BCUT2D eigenvalue weighted by Crippen LogP contribution is -2.14. The Morgan fingerprint density at radius 1 is 1.24 bits per heavy atom. The van der Waals surface area contributed by atoms with Crippen LogP contribution in [0.1, 0.15) is 29.7 Å².